The van der Waals surface area contributed by atoms with Crippen LogP contribution in [0, 0.1) is 0 Å². The first-order chi connectivity index (χ1) is 10.8. The van der Waals surface area contributed by atoms with Gasteiger partial charge in [-0.2, -0.15) is 18.3 Å². The Hall–Kier alpha value is -2.51. The van der Waals surface area contributed by atoms with Crippen LogP contribution in [0.4, 0.5) is 18.9 Å². The highest BCUT2D eigenvalue weighted by atomic mass is 19.4. The van der Waals surface area contributed by atoms with E-state index in [-0.39, 0.29) is 5.69 Å². The summed E-state index contributed by atoms with van der Waals surface area (Å²) in [6.07, 6.45) is -4.57. The van der Waals surface area contributed by atoms with Gasteiger partial charge in [0, 0.05) is 38.9 Å². The van der Waals surface area contributed by atoms with Gasteiger partial charge in [0.25, 0.3) is 5.91 Å². The molecule has 1 aromatic heterocycles. The number of rotatable bonds is 5. The van der Waals surface area contributed by atoms with E-state index in [0.717, 1.165) is 16.4 Å². The summed E-state index contributed by atoms with van der Waals surface area (Å²) in [7, 11) is 3.17. The Bertz CT molecular complexity index is 667. The minimum atomic E-state index is -4.57. The fourth-order valence-corrected chi connectivity index (χ4v) is 2.06. The zero-order chi connectivity index (χ0) is 17.0. The van der Waals surface area contributed by atoms with Gasteiger partial charge in [-0.15, -0.1) is 0 Å². The highest BCUT2D eigenvalue weighted by Gasteiger charge is 2.35. The third-order valence-electron chi connectivity index (χ3n) is 3.33. The molecule has 0 bridgehead atoms. The Labute approximate surface area is 131 Å². The van der Waals surface area contributed by atoms with Gasteiger partial charge in [-0.3, -0.25) is 9.48 Å². The number of anilines is 1. The van der Waals surface area contributed by atoms with E-state index < -0.39 is 17.8 Å². The Morgan fingerprint density at radius 3 is 2.52 bits per heavy atom. The molecule has 124 valence electrons. The molecule has 0 radical (unpaired) electrons. The van der Waals surface area contributed by atoms with Gasteiger partial charge in [-0.25, -0.2) is 0 Å². The minimum Gasteiger partial charge on any atom is -0.373 e. The minimum absolute atomic E-state index is 0.125. The van der Waals surface area contributed by atoms with Gasteiger partial charge in [0.1, 0.15) is 5.69 Å². The third-order valence-corrected chi connectivity index (χ3v) is 3.33. The number of para-hydroxylation sites is 1. The smallest absolute Gasteiger partial charge is 0.373 e. The Balaban J connectivity index is 1.92. The van der Waals surface area contributed by atoms with E-state index in [1.807, 2.05) is 42.3 Å². The van der Waals surface area contributed by atoms with Crippen LogP contribution < -0.4 is 10.2 Å². The molecule has 2 aromatic rings. The lowest BCUT2D eigenvalue weighted by Crippen LogP contribution is -2.33. The Morgan fingerprint density at radius 2 is 1.96 bits per heavy atom. The maximum absolute atomic E-state index is 12.6. The number of alkyl halides is 3. The van der Waals surface area contributed by atoms with Gasteiger partial charge in [-0.05, 0) is 12.1 Å². The number of nitrogens with one attached hydrogen (secondary N) is 1. The first-order valence-corrected chi connectivity index (χ1v) is 6.94. The molecule has 8 heteroatoms. The van der Waals surface area contributed by atoms with Crippen molar-refractivity contribution in [2.24, 2.45) is 7.05 Å². The van der Waals surface area contributed by atoms with Crippen LogP contribution in [0.2, 0.25) is 0 Å². The number of carbonyl (C=O) groups excluding carboxylic acids is 1. The fourth-order valence-electron chi connectivity index (χ4n) is 2.06. The van der Waals surface area contributed by atoms with Gasteiger partial charge in [0.2, 0.25) is 0 Å². The topological polar surface area (TPSA) is 50.2 Å². The zero-order valence-electron chi connectivity index (χ0n) is 12.8. The van der Waals surface area contributed by atoms with Crippen LogP contribution >= 0.6 is 0 Å². The maximum Gasteiger partial charge on any atom is 0.435 e. The molecule has 0 spiro atoms. The van der Waals surface area contributed by atoms with Crippen LogP contribution in [-0.4, -0.2) is 35.8 Å². The van der Waals surface area contributed by atoms with Crippen molar-refractivity contribution in [3.8, 4) is 0 Å². The highest BCUT2D eigenvalue weighted by molar-refractivity contribution is 5.92. The molecule has 1 N–H and O–H groups in total. The second kappa shape index (κ2) is 6.72. The van der Waals surface area contributed by atoms with Crippen molar-refractivity contribution in [1.82, 2.24) is 15.1 Å². The summed E-state index contributed by atoms with van der Waals surface area (Å²) in [5.41, 5.74) is -0.215. The zero-order valence-corrected chi connectivity index (χ0v) is 12.8. The van der Waals surface area contributed by atoms with E-state index in [0.29, 0.717) is 13.1 Å². The van der Waals surface area contributed by atoms with Crippen LogP contribution in [0.15, 0.2) is 36.4 Å². The van der Waals surface area contributed by atoms with Crippen molar-refractivity contribution in [2.45, 2.75) is 6.18 Å². The Kier molecular flexibility index (Phi) is 4.92. The number of likely N-dealkylation sites (N-methyl/N-ethyl adjacent to an activating group) is 1. The molecule has 0 aliphatic carbocycles. The van der Waals surface area contributed by atoms with Crippen molar-refractivity contribution in [2.75, 3.05) is 25.0 Å². The molecule has 5 nitrogen and oxygen atoms in total. The number of amides is 1. The number of aromatic nitrogens is 2. The van der Waals surface area contributed by atoms with Crippen molar-refractivity contribution < 1.29 is 18.0 Å². The van der Waals surface area contributed by atoms with Gasteiger partial charge in [0.05, 0.1) is 0 Å². The van der Waals surface area contributed by atoms with Crippen molar-refractivity contribution in [3.05, 3.63) is 47.8 Å². The molecule has 1 heterocycles. The van der Waals surface area contributed by atoms with Crippen LogP contribution in [-0.2, 0) is 13.2 Å². The van der Waals surface area contributed by atoms with Crippen LogP contribution in [0.25, 0.3) is 0 Å². The first-order valence-electron chi connectivity index (χ1n) is 6.94. The fraction of sp³-hybridized carbons (Fsp3) is 0.333. The molecule has 0 unspecified atom stereocenters. The lowest BCUT2D eigenvalue weighted by Gasteiger charge is -2.19. The molecule has 1 amide bonds. The van der Waals surface area contributed by atoms with Gasteiger partial charge < -0.3 is 10.2 Å². The second-order valence-electron chi connectivity index (χ2n) is 5.05. The number of carbonyl (C=O) groups is 1. The van der Waals surface area contributed by atoms with Gasteiger partial charge in [0.15, 0.2) is 5.69 Å². The number of hydrogen-bond acceptors (Lipinski definition) is 3. The van der Waals surface area contributed by atoms with Crippen molar-refractivity contribution >= 4 is 11.6 Å². The summed E-state index contributed by atoms with van der Waals surface area (Å²) in [6, 6.07) is 10.3. The van der Waals surface area contributed by atoms with Crippen LogP contribution in [0.1, 0.15) is 16.2 Å². The van der Waals surface area contributed by atoms with Gasteiger partial charge in [-0.1, -0.05) is 18.2 Å². The van der Waals surface area contributed by atoms with E-state index in [1.54, 1.807) is 0 Å². The number of halogens is 3. The molecule has 0 aliphatic heterocycles. The summed E-state index contributed by atoms with van der Waals surface area (Å²) >= 11 is 0. The lowest BCUT2D eigenvalue weighted by atomic mass is 10.3. The molecule has 0 saturated carbocycles. The normalized spacial score (nSPS) is 11.3. The number of nitrogens with zero attached hydrogens (tertiary/aromatic N) is 3. The second-order valence-corrected chi connectivity index (χ2v) is 5.05. The van der Waals surface area contributed by atoms with E-state index in [9.17, 15) is 18.0 Å². The lowest BCUT2D eigenvalue weighted by molar-refractivity contribution is -0.141. The summed E-state index contributed by atoms with van der Waals surface area (Å²) in [4.78, 5) is 13.9. The van der Waals surface area contributed by atoms with Gasteiger partial charge >= 0.3 is 6.18 Å². The summed E-state index contributed by atoms with van der Waals surface area (Å²) in [6.45, 7) is 0.830. The molecular weight excluding hydrogens is 309 g/mol. The molecular formula is C15H17F3N4O. The van der Waals surface area contributed by atoms with Crippen LogP contribution in [0.5, 0.6) is 0 Å². The average Bonchev–Trinajstić information content (AvgIpc) is 2.90. The molecule has 2 rings (SSSR count). The molecule has 23 heavy (non-hydrogen) atoms. The predicted octanol–water partition coefficient (Wildman–Crippen LogP) is 2.31. The SMILES string of the molecule is CN(CCNC(=O)c1cc(C(F)(F)F)nn1C)c1ccccc1. The van der Waals surface area contributed by atoms with E-state index >= 15 is 0 Å². The summed E-state index contributed by atoms with van der Waals surface area (Å²) < 4.78 is 38.7. The third kappa shape index (κ3) is 4.24. The molecule has 0 saturated heterocycles. The monoisotopic (exact) mass is 326 g/mol. The number of benzene rings is 1. The predicted molar refractivity (Wildman–Crippen MR) is 80.3 cm³/mol. The highest BCUT2D eigenvalue weighted by Crippen LogP contribution is 2.28. The average molecular weight is 326 g/mol. The van der Waals surface area contributed by atoms with Crippen molar-refractivity contribution in [3.63, 3.8) is 0 Å². The largest absolute Gasteiger partial charge is 0.435 e. The quantitative estimate of drug-likeness (QED) is 0.917. The Morgan fingerprint density at radius 1 is 1.30 bits per heavy atom. The van der Waals surface area contributed by atoms with E-state index in [2.05, 4.69) is 10.4 Å². The maximum atomic E-state index is 12.6. The standard InChI is InChI=1S/C15H17F3N4O/c1-21(11-6-4-3-5-7-11)9-8-19-14(23)12-10-13(15(16,17)18)20-22(12)2/h3-7,10H,8-9H2,1-2H3,(H,19,23). The number of aryl methyl sites for hydroxylation is 1. The van der Waals surface area contributed by atoms with E-state index in [1.165, 1.54) is 7.05 Å². The molecule has 0 aliphatic rings. The molecule has 1 aromatic carbocycles. The van der Waals surface area contributed by atoms with E-state index in [4.69, 9.17) is 0 Å². The van der Waals surface area contributed by atoms with Crippen molar-refractivity contribution in [1.29, 1.82) is 0 Å². The first kappa shape index (κ1) is 16.9. The molecule has 0 atom stereocenters. The summed E-state index contributed by atoms with van der Waals surface area (Å²) in [5, 5.41) is 5.91. The molecule has 0 fully saturated rings. The van der Waals surface area contributed by atoms with Crippen LogP contribution in [0.3, 0.4) is 0 Å². The number of hydrogen-bond donors (Lipinski definition) is 1. The summed E-state index contributed by atoms with van der Waals surface area (Å²) in [5.74, 6) is -0.586.